The Hall–Kier alpha value is -3.53. The lowest BCUT2D eigenvalue weighted by Crippen LogP contribution is -2.13. The zero-order chi connectivity index (χ0) is 19.4. The molecule has 27 heavy (non-hydrogen) atoms. The van der Waals surface area contributed by atoms with Gasteiger partial charge in [0.05, 0.1) is 0 Å². The summed E-state index contributed by atoms with van der Waals surface area (Å²) < 4.78 is 26.7. The van der Waals surface area contributed by atoms with Gasteiger partial charge in [0.25, 0.3) is 12.3 Å². The topological polar surface area (TPSA) is 59.8 Å². The molecule has 1 N–H and O–H groups in total. The van der Waals surface area contributed by atoms with Crippen molar-refractivity contribution in [1.29, 1.82) is 0 Å². The van der Waals surface area contributed by atoms with Crippen LogP contribution in [0.2, 0.25) is 0 Å². The Labute approximate surface area is 155 Å². The molecule has 0 saturated carbocycles. The first-order valence-corrected chi connectivity index (χ1v) is 8.10. The highest BCUT2D eigenvalue weighted by Crippen LogP contribution is 2.21. The van der Waals surface area contributed by atoms with Crippen molar-refractivity contribution in [3.05, 3.63) is 76.7 Å². The molecule has 3 rings (SSSR count). The Kier molecular flexibility index (Phi) is 5.27. The van der Waals surface area contributed by atoms with Gasteiger partial charge in [-0.2, -0.15) is 5.10 Å². The number of carbonyl (C=O) groups excluding carboxylic acids is 1. The van der Waals surface area contributed by atoms with Crippen LogP contribution >= 0.6 is 0 Å². The Morgan fingerprint density at radius 1 is 1.22 bits per heavy atom. The van der Waals surface area contributed by atoms with E-state index in [1.54, 1.807) is 36.7 Å². The van der Waals surface area contributed by atoms with Crippen molar-refractivity contribution in [2.75, 3.05) is 5.32 Å². The number of alkyl halides is 2. The summed E-state index contributed by atoms with van der Waals surface area (Å²) in [5.41, 5.74) is 2.47. The van der Waals surface area contributed by atoms with Crippen molar-refractivity contribution in [2.45, 2.75) is 13.3 Å². The Morgan fingerprint density at radius 2 is 2.04 bits per heavy atom. The predicted molar refractivity (Wildman–Crippen MR) is 97.5 cm³/mol. The van der Waals surface area contributed by atoms with Crippen molar-refractivity contribution < 1.29 is 13.6 Å². The maximum absolute atomic E-state index is 12.8. The fraction of sp³-hybridized carbons (Fsp3) is 0.150. The summed E-state index contributed by atoms with van der Waals surface area (Å²) in [6.45, 7) is 1.89. The zero-order valence-corrected chi connectivity index (χ0v) is 14.7. The molecule has 0 radical (unpaired) electrons. The number of nitrogens with zero attached hydrogens (tertiary/aromatic N) is 3. The number of carbonyl (C=O) groups is 1. The molecule has 0 atom stereocenters. The number of halogens is 2. The molecule has 0 aliphatic rings. The molecule has 0 unspecified atom stereocenters. The minimum Gasteiger partial charge on any atom is -0.305 e. The number of amides is 1. The minimum atomic E-state index is -2.66. The number of aromatic nitrogens is 3. The maximum atomic E-state index is 12.8. The summed E-state index contributed by atoms with van der Waals surface area (Å²) in [5.74, 6) is 5.65. The molecular formula is C20H16F2N4O. The smallest absolute Gasteiger partial charge is 0.280 e. The average molecular weight is 366 g/mol. The third-order valence-corrected chi connectivity index (χ3v) is 3.88. The van der Waals surface area contributed by atoms with Crippen LogP contribution in [0.3, 0.4) is 0 Å². The number of nitrogens with one attached hydrogen (secondary N) is 1. The van der Waals surface area contributed by atoms with Gasteiger partial charge < -0.3 is 5.32 Å². The van der Waals surface area contributed by atoms with E-state index in [0.717, 1.165) is 21.9 Å². The molecule has 0 bridgehead atoms. The van der Waals surface area contributed by atoms with E-state index in [-0.39, 0.29) is 11.5 Å². The van der Waals surface area contributed by atoms with Crippen LogP contribution in [0.5, 0.6) is 0 Å². The average Bonchev–Trinajstić information content (AvgIpc) is 3.02. The van der Waals surface area contributed by atoms with E-state index in [4.69, 9.17) is 0 Å². The summed E-state index contributed by atoms with van der Waals surface area (Å²) in [6.07, 6.45) is 0.654. The second kappa shape index (κ2) is 7.79. The predicted octanol–water partition coefficient (Wildman–Crippen LogP) is 3.71. The van der Waals surface area contributed by atoms with Crippen molar-refractivity contribution in [3.63, 3.8) is 0 Å². The van der Waals surface area contributed by atoms with E-state index in [0.29, 0.717) is 11.1 Å². The second-order valence-electron chi connectivity index (χ2n) is 5.85. The van der Waals surface area contributed by atoms with Gasteiger partial charge in [-0.15, -0.1) is 0 Å². The maximum Gasteiger partial charge on any atom is 0.280 e. The number of anilines is 1. The highest BCUT2D eigenvalue weighted by atomic mass is 19.3. The first kappa shape index (κ1) is 18.3. The third kappa shape index (κ3) is 4.36. The van der Waals surface area contributed by atoms with Gasteiger partial charge in [-0.1, -0.05) is 17.9 Å². The zero-order valence-electron chi connectivity index (χ0n) is 14.7. The standard InChI is InChI=1S/C20H16F2N4O/c1-13-5-7-16(10-15(13)8-6-14-4-3-9-23-12-14)20(27)24-18-11-17(19(21)22)26(2)25-18/h3-5,7,9-12,19H,1-2H3,(H,24,25,27). The molecule has 136 valence electrons. The van der Waals surface area contributed by atoms with Crippen LogP contribution in [0.1, 0.15) is 39.2 Å². The fourth-order valence-electron chi connectivity index (χ4n) is 2.41. The second-order valence-corrected chi connectivity index (χ2v) is 5.85. The van der Waals surface area contributed by atoms with Crippen LogP contribution in [0.15, 0.2) is 48.8 Å². The number of pyridine rings is 1. The number of rotatable bonds is 3. The van der Waals surface area contributed by atoms with Gasteiger partial charge in [0.2, 0.25) is 0 Å². The largest absolute Gasteiger partial charge is 0.305 e. The molecular weight excluding hydrogens is 350 g/mol. The van der Waals surface area contributed by atoms with E-state index in [9.17, 15) is 13.6 Å². The third-order valence-electron chi connectivity index (χ3n) is 3.88. The molecule has 1 aromatic carbocycles. The number of hydrogen-bond donors (Lipinski definition) is 1. The molecule has 0 aliphatic carbocycles. The number of aryl methyl sites for hydroxylation is 2. The highest BCUT2D eigenvalue weighted by molar-refractivity contribution is 6.04. The minimum absolute atomic E-state index is 0.0707. The van der Waals surface area contributed by atoms with Gasteiger partial charge in [0.1, 0.15) is 5.69 Å². The van der Waals surface area contributed by atoms with Gasteiger partial charge in [-0.05, 0) is 36.8 Å². The molecule has 5 nitrogen and oxygen atoms in total. The Morgan fingerprint density at radius 3 is 2.70 bits per heavy atom. The van der Waals surface area contributed by atoms with Crippen LogP contribution in [-0.4, -0.2) is 20.7 Å². The monoisotopic (exact) mass is 366 g/mol. The van der Waals surface area contributed by atoms with E-state index in [1.165, 1.54) is 7.05 Å². The highest BCUT2D eigenvalue weighted by Gasteiger charge is 2.16. The number of hydrogen-bond acceptors (Lipinski definition) is 3. The van der Waals surface area contributed by atoms with Crippen LogP contribution in [0, 0.1) is 18.8 Å². The molecule has 0 saturated heterocycles. The molecule has 3 aromatic rings. The van der Waals surface area contributed by atoms with Gasteiger partial charge in [-0.25, -0.2) is 8.78 Å². The van der Waals surface area contributed by atoms with Crippen LogP contribution in [0.25, 0.3) is 0 Å². The Balaban J connectivity index is 1.82. The van der Waals surface area contributed by atoms with Crippen molar-refractivity contribution >= 4 is 11.7 Å². The van der Waals surface area contributed by atoms with Crippen LogP contribution in [-0.2, 0) is 7.05 Å². The number of benzene rings is 1. The summed E-state index contributed by atoms with van der Waals surface area (Å²) in [4.78, 5) is 16.4. The van der Waals surface area contributed by atoms with E-state index in [2.05, 4.69) is 27.2 Å². The lowest BCUT2D eigenvalue weighted by atomic mass is 10.0. The van der Waals surface area contributed by atoms with Gasteiger partial charge in [0, 0.05) is 42.2 Å². The lowest BCUT2D eigenvalue weighted by molar-refractivity contribution is 0.102. The van der Waals surface area contributed by atoms with Crippen LogP contribution < -0.4 is 5.32 Å². The van der Waals surface area contributed by atoms with E-state index in [1.807, 2.05) is 13.0 Å². The Bertz CT molecular complexity index is 1030. The van der Waals surface area contributed by atoms with Crippen molar-refractivity contribution in [3.8, 4) is 11.8 Å². The SMILES string of the molecule is Cc1ccc(C(=O)Nc2cc(C(F)F)n(C)n2)cc1C#Cc1cccnc1. The first-order chi connectivity index (χ1) is 12.9. The molecule has 2 heterocycles. The summed E-state index contributed by atoms with van der Waals surface area (Å²) in [5, 5.41) is 6.42. The van der Waals surface area contributed by atoms with Gasteiger partial charge in [0.15, 0.2) is 5.82 Å². The van der Waals surface area contributed by atoms with Crippen molar-refractivity contribution in [1.82, 2.24) is 14.8 Å². The van der Waals surface area contributed by atoms with E-state index >= 15 is 0 Å². The summed E-state index contributed by atoms with van der Waals surface area (Å²) in [6, 6.07) is 9.88. The van der Waals surface area contributed by atoms with Crippen molar-refractivity contribution in [2.24, 2.45) is 7.05 Å². The summed E-state index contributed by atoms with van der Waals surface area (Å²) in [7, 11) is 1.40. The quantitative estimate of drug-likeness (QED) is 0.719. The van der Waals surface area contributed by atoms with Gasteiger partial charge >= 0.3 is 0 Å². The molecule has 0 spiro atoms. The molecule has 2 aromatic heterocycles. The molecule has 0 aliphatic heterocycles. The van der Waals surface area contributed by atoms with Gasteiger partial charge in [-0.3, -0.25) is 14.5 Å². The van der Waals surface area contributed by atoms with E-state index < -0.39 is 12.3 Å². The lowest BCUT2D eigenvalue weighted by Gasteiger charge is -2.04. The molecule has 1 amide bonds. The first-order valence-electron chi connectivity index (χ1n) is 8.10. The molecule has 0 fully saturated rings. The van der Waals surface area contributed by atoms with Crippen LogP contribution in [0.4, 0.5) is 14.6 Å². The fourth-order valence-corrected chi connectivity index (χ4v) is 2.41. The normalized spacial score (nSPS) is 10.4. The summed E-state index contributed by atoms with van der Waals surface area (Å²) >= 11 is 0. The molecule has 7 heteroatoms.